The molecule has 0 saturated carbocycles. The van der Waals surface area contributed by atoms with Crippen molar-refractivity contribution in [3.8, 4) is 10.4 Å². The molecular formula is C15H15ClN6O3S3. The molecule has 3 heterocycles. The molecule has 28 heavy (non-hydrogen) atoms. The van der Waals surface area contributed by atoms with Gasteiger partial charge in [0.2, 0.25) is 0 Å². The first-order valence-corrected chi connectivity index (χ1v) is 11.2. The summed E-state index contributed by atoms with van der Waals surface area (Å²) in [6, 6.07) is 0.836. The topological polar surface area (TPSA) is 140 Å². The maximum atomic E-state index is 12.7. The number of pyridine rings is 1. The van der Waals surface area contributed by atoms with E-state index in [2.05, 4.69) is 25.0 Å². The highest BCUT2D eigenvalue weighted by molar-refractivity contribution is 7.94. The Hall–Kier alpha value is -2.28. The third-order valence-electron chi connectivity index (χ3n) is 3.48. The Morgan fingerprint density at radius 1 is 1.18 bits per heavy atom. The van der Waals surface area contributed by atoms with Crippen molar-refractivity contribution in [1.29, 1.82) is 0 Å². The molecule has 0 saturated heterocycles. The molecule has 13 heteroatoms. The molecule has 4 N–H and O–H groups in total. The van der Waals surface area contributed by atoms with Crippen LogP contribution in [0, 0.1) is 20.8 Å². The molecule has 0 bridgehead atoms. The Morgan fingerprint density at radius 2 is 1.89 bits per heavy atom. The van der Waals surface area contributed by atoms with E-state index >= 15 is 0 Å². The lowest BCUT2D eigenvalue weighted by atomic mass is 10.2. The van der Waals surface area contributed by atoms with Crippen LogP contribution in [0.1, 0.15) is 16.4 Å². The fourth-order valence-corrected chi connectivity index (χ4v) is 6.12. The monoisotopic (exact) mass is 458 g/mol. The Morgan fingerprint density at radius 3 is 2.50 bits per heavy atom. The number of urea groups is 1. The van der Waals surface area contributed by atoms with Crippen molar-refractivity contribution < 1.29 is 13.2 Å². The van der Waals surface area contributed by atoms with Gasteiger partial charge in [-0.3, -0.25) is 10.0 Å². The van der Waals surface area contributed by atoms with Crippen LogP contribution in [-0.4, -0.2) is 29.4 Å². The van der Waals surface area contributed by atoms with E-state index in [1.54, 1.807) is 26.8 Å². The highest BCUT2D eigenvalue weighted by atomic mass is 35.5. The first-order chi connectivity index (χ1) is 13.1. The van der Waals surface area contributed by atoms with E-state index in [9.17, 15) is 13.2 Å². The molecule has 0 fully saturated rings. The zero-order valence-electron chi connectivity index (χ0n) is 14.9. The first kappa shape index (κ1) is 20.5. The summed E-state index contributed by atoms with van der Waals surface area (Å²) in [5.74, 6) is 0. The summed E-state index contributed by atoms with van der Waals surface area (Å²) in [4.78, 5) is 24.1. The van der Waals surface area contributed by atoms with Crippen LogP contribution < -0.4 is 15.8 Å². The Labute approximate surface area is 174 Å². The third kappa shape index (κ3) is 4.24. The largest absolute Gasteiger partial charge is 0.351 e. The number of carbonyl (C=O) groups is 1. The van der Waals surface area contributed by atoms with Crippen LogP contribution >= 0.6 is 34.3 Å². The van der Waals surface area contributed by atoms with Crippen molar-refractivity contribution in [2.45, 2.75) is 25.0 Å². The van der Waals surface area contributed by atoms with Gasteiger partial charge in [-0.25, -0.2) is 28.2 Å². The average molecular weight is 459 g/mol. The zero-order chi connectivity index (χ0) is 20.6. The van der Waals surface area contributed by atoms with Crippen LogP contribution in [-0.2, 0) is 10.0 Å². The van der Waals surface area contributed by atoms with Crippen LogP contribution in [0.2, 0.25) is 5.15 Å². The molecule has 3 aromatic heterocycles. The van der Waals surface area contributed by atoms with E-state index in [1.807, 2.05) is 0 Å². The number of hydrogen-bond acceptors (Lipinski definition) is 8. The van der Waals surface area contributed by atoms with Crippen molar-refractivity contribution in [1.82, 2.24) is 15.0 Å². The Kier molecular flexibility index (Phi) is 5.57. The van der Waals surface area contributed by atoms with Crippen LogP contribution in [0.5, 0.6) is 0 Å². The molecule has 0 atom stereocenters. The maximum absolute atomic E-state index is 12.7. The minimum atomic E-state index is -3.87. The van der Waals surface area contributed by atoms with Gasteiger partial charge in [0.05, 0.1) is 27.0 Å². The second-order valence-corrected chi connectivity index (χ2v) is 10.1. The molecule has 3 rings (SSSR count). The molecule has 148 valence electrons. The predicted molar refractivity (Wildman–Crippen MR) is 111 cm³/mol. The molecule has 0 spiro atoms. The normalized spacial score (nSPS) is 11.4. The van der Waals surface area contributed by atoms with Gasteiger partial charge in [0.15, 0.2) is 14.5 Å². The fraction of sp³-hybridized carbons (Fsp3) is 0.200. The number of aryl methyl sites for hydroxylation is 3. The molecule has 0 unspecified atom stereocenters. The van der Waals surface area contributed by atoms with Gasteiger partial charge >= 0.3 is 6.03 Å². The molecule has 3 aromatic rings. The van der Waals surface area contributed by atoms with E-state index < -0.39 is 16.1 Å². The quantitative estimate of drug-likeness (QED) is 0.499. The van der Waals surface area contributed by atoms with Gasteiger partial charge in [-0.2, -0.15) is 0 Å². The SMILES string of the molecule is Cc1nc(C)c(S(=O)(=O)Nc2cc(-c3sc(NC(N)=O)nc3C)cnc2Cl)s1. The van der Waals surface area contributed by atoms with E-state index in [1.165, 1.54) is 17.5 Å². The molecular weight excluding hydrogens is 444 g/mol. The predicted octanol–water partition coefficient (Wildman–Crippen LogP) is 3.53. The lowest BCUT2D eigenvalue weighted by Gasteiger charge is -2.09. The van der Waals surface area contributed by atoms with Gasteiger partial charge in [-0.15, -0.1) is 11.3 Å². The number of primary amides is 1. The molecule has 0 aromatic carbocycles. The smallest absolute Gasteiger partial charge is 0.318 e. The van der Waals surface area contributed by atoms with E-state index in [0.717, 1.165) is 11.3 Å². The Bertz CT molecular complexity index is 1170. The van der Waals surface area contributed by atoms with Crippen molar-refractivity contribution in [2.75, 3.05) is 10.0 Å². The zero-order valence-corrected chi connectivity index (χ0v) is 18.1. The molecule has 0 aliphatic heterocycles. The van der Waals surface area contributed by atoms with Crippen molar-refractivity contribution in [3.63, 3.8) is 0 Å². The molecule has 0 aliphatic rings. The molecule has 2 amide bonds. The number of anilines is 2. The summed E-state index contributed by atoms with van der Waals surface area (Å²) in [5.41, 5.74) is 6.87. The average Bonchev–Trinajstić information content (AvgIpc) is 3.11. The third-order valence-corrected chi connectivity index (χ3v) is 7.95. The number of amides is 2. The van der Waals surface area contributed by atoms with Gasteiger partial charge in [0, 0.05) is 11.8 Å². The van der Waals surface area contributed by atoms with Gasteiger partial charge in [0.1, 0.15) is 0 Å². The van der Waals surface area contributed by atoms with Gasteiger partial charge in [-0.1, -0.05) is 22.9 Å². The number of halogens is 1. The van der Waals surface area contributed by atoms with E-state index in [4.69, 9.17) is 17.3 Å². The lowest BCUT2D eigenvalue weighted by molar-refractivity contribution is 0.259. The van der Waals surface area contributed by atoms with Crippen molar-refractivity contribution in [3.05, 3.63) is 33.8 Å². The number of aromatic nitrogens is 3. The number of hydrogen-bond donors (Lipinski definition) is 3. The van der Waals surface area contributed by atoms with E-state index in [-0.39, 0.29) is 15.0 Å². The van der Waals surface area contributed by atoms with E-state index in [0.29, 0.717) is 32.0 Å². The number of nitrogens with zero attached hydrogens (tertiary/aromatic N) is 3. The molecule has 9 nitrogen and oxygen atoms in total. The number of carbonyl (C=O) groups excluding carboxylic acids is 1. The number of nitrogens with one attached hydrogen (secondary N) is 2. The highest BCUT2D eigenvalue weighted by Gasteiger charge is 2.23. The Balaban J connectivity index is 1.98. The van der Waals surface area contributed by atoms with Gasteiger partial charge in [-0.05, 0) is 26.8 Å². The summed E-state index contributed by atoms with van der Waals surface area (Å²) < 4.78 is 28.0. The first-order valence-electron chi connectivity index (χ1n) is 7.73. The van der Waals surface area contributed by atoms with Gasteiger partial charge in [0.25, 0.3) is 10.0 Å². The van der Waals surface area contributed by atoms with Crippen molar-refractivity contribution >= 4 is 61.1 Å². The number of sulfonamides is 1. The summed E-state index contributed by atoms with van der Waals surface area (Å²) >= 11 is 8.36. The minimum Gasteiger partial charge on any atom is -0.351 e. The summed E-state index contributed by atoms with van der Waals surface area (Å²) in [5, 5.41) is 3.39. The van der Waals surface area contributed by atoms with Crippen LogP contribution in [0.3, 0.4) is 0 Å². The van der Waals surface area contributed by atoms with Crippen molar-refractivity contribution in [2.24, 2.45) is 5.73 Å². The fourth-order valence-electron chi connectivity index (χ4n) is 2.42. The molecule has 0 aliphatic carbocycles. The number of thiazole rings is 2. The molecule has 0 radical (unpaired) electrons. The van der Waals surface area contributed by atoms with Crippen LogP contribution in [0.15, 0.2) is 16.5 Å². The summed E-state index contributed by atoms with van der Waals surface area (Å²) in [6.45, 7) is 5.11. The summed E-state index contributed by atoms with van der Waals surface area (Å²) in [7, 11) is -3.87. The number of nitrogens with two attached hydrogens (primary N) is 1. The maximum Gasteiger partial charge on any atom is 0.318 e. The standard InChI is InChI=1S/C15H15ClN6O3S3/c1-6-11(27-15(20-6)21-14(17)23)9-4-10(12(16)18-5-9)22-28(24,25)13-7(2)19-8(3)26-13/h4-5,22H,1-3H3,(H3,17,20,21,23). The second-order valence-electron chi connectivity index (χ2n) is 5.70. The van der Waals surface area contributed by atoms with Crippen LogP contribution in [0.25, 0.3) is 10.4 Å². The highest BCUT2D eigenvalue weighted by Crippen LogP contribution is 2.36. The number of rotatable bonds is 5. The van der Waals surface area contributed by atoms with Gasteiger partial charge < -0.3 is 5.73 Å². The minimum absolute atomic E-state index is 0.00358. The second kappa shape index (κ2) is 7.62. The lowest BCUT2D eigenvalue weighted by Crippen LogP contribution is -2.18. The summed E-state index contributed by atoms with van der Waals surface area (Å²) in [6.07, 6.45) is 1.50. The van der Waals surface area contributed by atoms with Crippen LogP contribution in [0.4, 0.5) is 15.6 Å².